The molecule has 0 amide bonds. The number of carbonyl (C=O) groups is 1. The fourth-order valence-corrected chi connectivity index (χ4v) is 1.67. The van der Waals surface area contributed by atoms with Gasteiger partial charge in [-0.15, -0.1) is 0 Å². The standard InChI is InChI=1S/C10H10O10/c11-3-8(12,13)4-1-6-7(20-10(17,18)19-6)2-5(4)9(14,15)16/h1-3,12-18H. The van der Waals surface area contributed by atoms with Crippen molar-refractivity contribution in [1.29, 1.82) is 0 Å². The van der Waals surface area contributed by atoms with Gasteiger partial charge in [-0.05, 0) is 12.1 Å². The van der Waals surface area contributed by atoms with Crippen molar-refractivity contribution < 1.29 is 50.0 Å². The van der Waals surface area contributed by atoms with E-state index in [9.17, 15) is 15.0 Å². The first-order chi connectivity index (χ1) is 8.96. The number of ether oxygens (including phenoxy) is 2. The van der Waals surface area contributed by atoms with Gasteiger partial charge in [0.05, 0.1) is 5.56 Å². The number of aliphatic hydroxyl groups is 7. The lowest BCUT2D eigenvalue weighted by Gasteiger charge is -2.23. The number of rotatable bonds is 3. The minimum Gasteiger partial charge on any atom is -0.403 e. The summed E-state index contributed by atoms with van der Waals surface area (Å²) in [6.45, 7) is 0. The molecule has 7 N–H and O–H groups in total. The van der Waals surface area contributed by atoms with Crippen LogP contribution in [0.15, 0.2) is 12.1 Å². The van der Waals surface area contributed by atoms with Crippen LogP contribution in [0.4, 0.5) is 0 Å². The number of hydrogen-bond acceptors (Lipinski definition) is 10. The monoisotopic (exact) mass is 290 g/mol. The van der Waals surface area contributed by atoms with Crippen LogP contribution < -0.4 is 9.47 Å². The van der Waals surface area contributed by atoms with Gasteiger partial charge in [-0.25, -0.2) is 0 Å². The summed E-state index contributed by atoms with van der Waals surface area (Å²) in [6.07, 6.45) is -3.42. The molecule has 2 rings (SSSR count). The highest BCUT2D eigenvalue weighted by Gasteiger charge is 2.43. The van der Waals surface area contributed by atoms with Crippen molar-refractivity contribution in [2.75, 3.05) is 0 Å². The van der Waals surface area contributed by atoms with Gasteiger partial charge in [0.2, 0.25) is 5.79 Å². The van der Waals surface area contributed by atoms with Gasteiger partial charge < -0.3 is 35.0 Å². The second-order valence-corrected chi connectivity index (χ2v) is 4.08. The smallest absolute Gasteiger partial charge is 0.403 e. The van der Waals surface area contributed by atoms with E-state index in [-0.39, 0.29) is 6.29 Å². The van der Waals surface area contributed by atoms with E-state index in [0.29, 0.717) is 12.1 Å². The topological polar surface area (TPSA) is 177 Å². The SMILES string of the molecule is O=CC(O)(O)c1cc2c(cc1C(O)(O)O)OC(O)(O)O2. The Labute approximate surface area is 110 Å². The molecule has 1 aromatic carbocycles. The lowest BCUT2D eigenvalue weighted by Crippen LogP contribution is -2.37. The summed E-state index contributed by atoms with van der Waals surface area (Å²) in [5.74, 6) is -7.63. The van der Waals surface area contributed by atoms with Crippen molar-refractivity contribution in [3.63, 3.8) is 0 Å². The summed E-state index contributed by atoms with van der Waals surface area (Å²) in [5, 5.41) is 64.5. The van der Waals surface area contributed by atoms with Crippen LogP contribution in [0.25, 0.3) is 0 Å². The quantitative estimate of drug-likeness (QED) is 0.218. The van der Waals surface area contributed by atoms with Crippen LogP contribution in [0, 0.1) is 0 Å². The van der Waals surface area contributed by atoms with Crippen molar-refractivity contribution in [1.82, 2.24) is 0 Å². The maximum Gasteiger partial charge on any atom is 0.505 e. The highest BCUT2D eigenvalue weighted by molar-refractivity contribution is 5.66. The second-order valence-electron chi connectivity index (χ2n) is 4.08. The van der Waals surface area contributed by atoms with E-state index in [1.54, 1.807) is 0 Å². The van der Waals surface area contributed by atoms with E-state index >= 15 is 0 Å². The molecule has 0 saturated carbocycles. The Kier molecular flexibility index (Phi) is 3.00. The van der Waals surface area contributed by atoms with Crippen LogP contribution >= 0.6 is 0 Å². The first-order valence-electron chi connectivity index (χ1n) is 5.06. The zero-order valence-corrected chi connectivity index (χ0v) is 9.59. The van der Waals surface area contributed by atoms with Crippen molar-refractivity contribution in [2.45, 2.75) is 17.9 Å². The number of benzene rings is 1. The highest BCUT2D eigenvalue weighted by Crippen LogP contribution is 2.43. The van der Waals surface area contributed by atoms with Crippen molar-refractivity contribution in [3.05, 3.63) is 23.3 Å². The van der Waals surface area contributed by atoms with Crippen LogP contribution in [-0.2, 0) is 16.6 Å². The Bertz CT molecular complexity index is 556. The van der Waals surface area contributed by atoms with Gasteiger partial charge in [0, 0.05) is 5.56 Å². The minimum absolute atomic E-state index is 0.356. The third-order valence-corrected chi connectivity index (χ3v) is 2.49. The maximum atomic E-state index is 10.6. The van der Waals surface area contributed by atoms with Gasteiger partial charge in [0.1, 0.15) is 0 Å². The molecular weight excluding hydrogens is 280 g/mol. The van der Waals surface area contributed by atoms with Crippen molar-refractivity contribution in [3.8, 4) is 11.5 Å². The van der Waals surface area contributed by atoms with E-state index in [1.807, 2.05) is 0 Å². The molecule has 0 aliphatic carbocycles. The molecule has 20 heavy (non-hydrogen) atoms. The summed E-state index contributed by atoms with van der Waals surface area (Å²) in [4.78, 5) is 10.6. The Hall–Kier alpha value is -1.79. The molecule has 0 aromatic heterocycles. The Morgan fingerprint density at radius 2 is 1.40 bits per heavy atom. The first kappa shape index (κ1) is 14.6. The van der Waals surface area contributed by atoms with E-state index in [4.69, 9.17) is 25.5 Å². The molecule has 10 heteroatoms. The highest BCUT2D eigenvalue weighted by atomic mass is 17.0. The van der Waals surface area contributed by atoms with E-state index in [0.717, 1.165) is 0 Å². The van der Waals surface area contributed by atoms with Gasteiger partial charge in [-0.1, -0.05) is 0 Å². The third kappa shape index (κ3) is 2.44. The number of carbonyl (C=O) groups excluding carboxylic acids is 1. The van der Waals surface area contributed by atoms with Gasteiger partial charge in [-0.2, -0.15) is 0 Å². The summed E-state index contributed by atoms with van der Waals surface area (Å²) < 4.78 is 8.88. The Balaban J connectivity index is 2.66. The molecule has 0 spiro atoms. The summed E-state index contributed by atoms with van der Waals surface area (Å²) in [5.41, 5.74) is -1.80. The molecule has 0 unspecified atom stereocenters. The summed E-state index contributed by atoms with van der Waals surface area (Å²) >= 11 is 0. The van der Waals surface area contributed by atoms with Gasteiger partial charge in [0.25, 0.3) is 0 Å². The van der Waals surface area contributed by atoms with E-state index in [1.165, 1.54) is 0 Å². The molecule has 0 radical (unpaired) electrons. The number of hydrogen-bond donors (Lipinski definition) is 7. The molecule has 0 fully saturated rings. The van der Waals surface area contributed by atoms with Crippen molar-refractivity contribution in [2.24, 2.45) is 0 Å². The van der Waals surface area contributed by atoms with Crippen LogP contribution in [0.5, 0.6) is 11.5 Å². The average molecular weight is 290 g/mol. The minimum atomic E-state index is -3.55. The number of fused-ring (bicyclic) bond motifs is 1. The molecule has 10 nitrogen and oxygen atoms in total. The molecule has 0 atom stereocenters. The van der Waals surface area contributed by atoms with Crippen LogP contribution in [-0.4, -0.2) is 48.2 Å². The molecule has 0 saturated heterocycles. The molecule has 1 aliphatic rings. The lowest BCUT2D eigenvalue weighted by atomic mass is 9.97. The summed E-state index contributed by atoms with van der Waals surface area (Å²) in [6, 6.07) is 1.29. The fraction of sp³-hybridized carbons (Fsp3) is 0.300. The molecule has 1 heterocycles. The zero-order valence-electron chi connectivity index (χ0n) is 9.59. The van der Waals surface area contributed by atoms with Gasteiger partial charge >= 0.3 is 12.1 Å². The summed E-state index contributed by atoms with van der Waals surface area (Å²) in [7, 11) is 0. The molecule has 110 valence electrons. The van der Waals surface area contributed by atoms with Crippen LogP contribution in [0.1, 0.15) is 11.1 Å². The molecule has 1 aromatic rings. The molecule has 1 aliphatic heterocycles. The first-order valence-corrected chi connectivity index (χ1v) is 5.06. The fourth-order valence-electron chi connectivity index (χ4n) is 1.67. The Morgan fingerprint density at radius 1 is 0.950 bits per heavy atom. The Morgan fingerprint density at radius 3 is 1.80 bits per heavy atom. The van der Waals surface area contributed by atoms with Crippen molar-refractivity contribution >= 4 is 6.29 Å². The molecule has 0 bridgehead atoms. The second kappa shape index (κ2) is 4.10. The zero-order chi connectivity index (χ0) is 15.3. The van der Waals surface area contributed by atoms with Gasteiger partial charge in [0.15, 0.2) is 17.8 Å². The van der Waals surface area contributed by atoms with Gasteiger partial charge in [-0.3, -0.25) is 15.0 Å². The van der Waals surface area contributed by atoms with Crippen LogP contribution in [0.3, 0.4) is 0 Å². The predicted octanol–water partition coefficient (Wildman–Crippen LogP) is -3.52. The predicted molar refractivity (Wildman–Crippen MR) is 55.4 cm³/mol. The lowest BCUT2D eigenvalue weighted by molar-refractivity contribution is -0.385. The average Bonchev–Trinajstić information content (AvgIpc) is 2.59. The van der Waals surface area contributed by atoms with Crippen LogP contribution in [0.2, 0.25) is 0 Å². The maximum absolute atomic E-state index is 10.6. The van der Waals surface area contributed by atoms with E-state index < -0.39 is 40.5 Å². The largest absolute Gasteiger partial charge is 0.505 e. The van der Waals surface area contributed by atoms with E-state index in [2.05, 4.69) is 9.47 Å². The normalized spacial score (nSPS) is 17.1. The molecular formula is C10H10O10. The number of aldehydes is 1. The third-order valence-electron chi connectivity index (χ3n) is 2.49.